The molecule has 2 aromatic carbocycles. The number of nitrogens with zero attached hydrogens (tertiary/aromatic N) is 2. The molecule has 0 saturated carbocycles. The molecule has 0 aromatic heterocycles. The van der Waals surface area contributed by atoms with Crippen molar-refractivity contribution in [3.63, 3.8) is 0 Å². The predicted molar refractivity (Wildman–Crippen MR) is 105 cm³/mol. The Morgan fingerprint density at radius 2 is 2.07 bits per heavy atom. The monoisotopic (exact) mass is 405 g/mol. The summed E-state index contributed by atoms with van der Waals surface area (Å²) in [6.45, 7) is 3.65. The van der Waals surface area contributed by atoms with Gasteiger partial charge in [0.05, 0.1) is 22.2 Å². The maximum atomic E-state index is 12.4. The van der Waals surface area contributed by atoms with E-state index in [1.54, 1.807) is 0 Å². The van der Waals surface area contributed by atoms with Crippen LogP contribution in [-0.4, -0.2) is 48.1 Å². The first-order valence-corrected chi connectivity index (χ1v) is 9.18. The number of nitrogens with one attached hydrogen (secondary N) is 1. The lowest BCUT2D eigenvalue weighted by atomic mass is 10.2. The topological polar surface area (TPSA) is 93.9 Å². The molecular weight excluding hydrogens is 386 g/mol. The number of fused-ring (bicyclic) bond motifs is 1. The van der Waals surface area contributed by atoms with Gasteiger partial charge in [-0.3, -0.25) is 19.8 Å². The van der Waals surface area contributed by atoms with Crippen LogP contribution in [0.3, 0.4) is 0 Å². The van der Waals surface area contributed by atoms with E-state index in [4.69, 9.17) is 21.1 Å². The fourth-order valence-corrected chi connectivity index (χ4v) is 3.08. The predicted octanol–water partition coefficient (Wildman–Crippen LogP) is 3.35. The van der Waals surface area contributed by atoms with Crippen molar-refractivity contribution in [2.45, 2.75) is 13.0 Å². The van der Waals surface area contributed by atoms with Gasteiger partial charge in [-0.25, -0.2) is 0 Å². The number of rotatable bonds is 7. The molecule has 9 heteroatoms. The lowest BCUT2D eigenvalue weighted by Gasteiger charge is -2.30. The highest BCUT2D eigenvalue weighted by atomic mass is 35.5. The van der Waals surface area contributed by atoms with Gasteiger partial charge in [0.15, 0.2) is 11.5 Å². The van der Waals surface area contributed by atoms with E-state index in [9.17, 15) is 14.9 Å². The SMILES string of the molecule is CCN(CC(=O)Nc1ccc([N+](=O)[O-])cc1Cl)C[C@H]1COc2ccccc2O1. The fourth-order valence-electron chi connectivity index (χ4n) is 2.86. The maximum absolute atomic E-state index is 12.4. The van der Waals surface area contributed by atoms with E-state index in [0.717, 1.165) is 0 Å². The van der Waals surface area contributed by atoms with Crippen LogP contribution in [-0.2, 0) is 4.79 Å². The average Bonchev–Trinajstić information content (AvgIpc) is 2.68. The van der Waals surface area contributed by atoms with E-state index >= 15 is 0 Å². The van der Waals surface area contributed by atoms with Crippen molar-refractivity contribution >= 4 is 28.9 Å². The van der Waals surface area contributed by atoms with E-state index in [1.807, 2.05) is 36.1 Å². The summed E-state index contributed by atoms with van der Waals surface area (Å²) in [5.41, 5.74) is 0.201. The third-order valence-electron chi connectivity index (χ3n) is 4.28. The van der Waals surface area contributed by atoms with Crippen molar-refractivity contribution in [1.29, 1.82) is 0 Å². The minimum atomic E-state index is -0.541. The number of hydrogen-bond donors (Lipinski definition) is 1. The first-order chi connectivity index (χ1) is 13.5. The Kier molecular flexibility index (Phi) is 6.33. The standard InChI is InChI=1S/C19H20ClN3O5/c1-2-22(10-14-12-27-17-5-3-4-6-18(17)28-14)11-19(24)21-16-8-7-13(23(25)26)9-15(16)20/h3-9,14H,2,10-12H2,1H3,(H,21,24)/t14-/m0/s1. The number of carbonyl (C=O) groups is 1. The first kappa shape index (κ1) is 19.9. The number of carbonyl (C=O) groups excluding carboxylic acids is 1. The second-order valence-corrected chi connectivity index (χ2v) is 6.70. The molecule has 2 aromatic rings. The minimum Gasteiger partial charge on any atom is -0.486 e. The number of halogens is 1. The van der Waals surface area contributed by atoms with E-state index in [2.05, 4.69) is 5.32 Å². The Morgan fingerprint density at radius 1 is 1.32 bits per heavy atom. The van der Waals surface area contributed by atoms with E-state index in [0.29, 0.717) is 36.9 Å². The fraction of sp³-hybridized carbons (Fsp3) is 0.316. The molecule has 28 heavy (non-hydrogen) atoms. The molecule has 0 unspecified atom stereocenters. The largest absolute Gasteiger partial charge is 0.486 e. The second-order valence-electron chi connectivity index (χ2n) is 6.29. The summed E-state index contributed by atoms with van der Waals surface area (Å²) in [5, 5.41) is 13.6. The molecule has 1 atom stereocenters. The molecular formula is C19H20ClN3O5. The summed E-state index contributed by atoms with van der Waals surface area (Å²) >= 11 is 6.02. The van der Waals surface area contributed by atoms with Crippen molar-refractivity contribution in [2.75, 3.05) is 31.6 Å². The summed E-state index contributed by atoms with van der Waals surface area (Å²) in [6.07, 6.45) is -0.189. The van der Waals surface area contributed by atoms with Crippen LogP contribution in [0.2, 0.25) is 5.02 Å². The highest BCUT2D eigenvalue weighted by Gasteiger charge is 2.23. The summed E-state index contributed by atoms with van der Waals surface area (Å²) in [4.78, 5) is 24.5. The number of nitro benzene ring substituents is 1. The third-order valence-corrected chi connectivity index (χ3v) is 4.59. The van der Waals surface area contributed by atoms with E-state index in [1.165, 1.54) is 18.2 Å². The van der Waals surface area contributed by atoms with Gasteiger partial charge < -0.3 is 14.8 Å². The molecule has 0 bridgehead atoms. The first-order valence-electron chi connectivity index (χ1n) is 8.81. The number of hydrogen-bond acceptors (Lipinski definition) is 6. The number of amides is 1. The molecule has 0 fully saturated rings. The average molecular weight is 406 g/mol. The van der Waals surface area contributed by atoms with Gasteiger partial charge in [-0.05, 0) is 24.7 Å². The van der Waals surface area contributed by atoms with E-state index < -0.39 is 4.92 Å². The second kappa shape index (κ2) is 8.90. The van der Waals surface area contributed by atoms with Crippen molar-refractivity contribution in [3.8, 4) is 11.5 Å². The van der Waals surface area contributed by atoms with E-state index in [-0.39, 0.29) is 29.3 Å². The molecule has 0 spiro atoms. The lowest BCUT2D eigenvalue weighted by Crippen LogP contribution is -2.43. The molecule has 1 amide bonds. The van der Waals surface area contributed by atoms with Gasteiger partial charge >= 0.3 is 0 Å². The Hall–Kier alpha value is -2.84. The van der Waals surface area contributed by atoms with Gasteiger partial charge in [-0.15, -0.1) is 0 Å². The number of likely N-dealkylation sites (N-methyl/N-ethyl adjacent to an activating group) is 1. The number of anilines is 1. The minimum absolute atomic E-state index is 0.117. The van der Waals surface area contributed by atoms with Gasteiger partial charge in [0, 0.05) is 18.7 Å². The Balaban J connectivity index is 1.56. The number of benzene rings is 2. The summed E-state index contributed by atoms with van der Waals surface area (Å²) in [5.74, 6) is 1.14. The lowest BCUT2D eigenvalue weighted by molar-refractivity contribution is -0.384. The van der Waals surface area contributed by atoms with Crippen LogP contribution in [0.15, 0.2) is 42.5 Å². The molecule has 1 N–H and O–H groups in total. The molecule has 3 rings (SSSR count). The van der Waals surface area contributed by atoms with Crippen molar-refractivity contribution < 1.29 is 19.2 Å². The molecule has 1 heterocycles. The van der Waals surface area contributed by atoms with Gasteiger partial charge in [0.25, 0.3) is 5.69 Å². The van der Waals surface area contributed by atoms with Gasteiger partial charge in [0.2, 0.25) is 5.91 Å². The van der Waals surface area contributed by atoms with Crippen molar-refractivity contribution in [1.82, 2.24) is 4.90 Å². The van der Waals surface area contributed by atoms with Gasteiger partial charge in [-0.2, -0.15) is 0 Å². The van der Waals surface area contributed by atoms with Crippen LogP contribution >= 0.6 is 11.6 Å². The van der Waals surface area contributed by atoms with Crippen LogP contribution in [0, 0.1) is 10.1 Å². The quantitative estimate of drug-likeness (QED) is 0.560. The van der Waals surface area contributed by atoms with Crippen molar-refractivity contribution in [2.24, 2.45) is 0 Å². The highest BCUT2D eigenvalue weighted by molar-refractivity contribution is 6.34. The summed E-state index contributed by atoms with van der Waals surface area (Å²) < 4.78 is 11.6. The molecule has 0 aliphatic carbocycles. The smallest absolute Gasteiger partial charge is 0.271 e. The van der Waals surface area contributed by atoms with Crippen LogP contribution in [0.4, 0.5) is 11.4 Å². The van der Waals surface area contributed by atoms with Crippen LogP contribution in [0.5, 0.6) is 11.5 Å². The highest BCUT2D eigenvalue weighted by Crippen LogP contribution is 2.31. The third kappa shape index (κ3) is 4.90. The van der Waals surface area contributed by atoms with Gasteiger partial charge in [-0.1, -0.05) is 30.7 Å². The summed E-state index contributed by atoms with van der Waals surface area (Å²) in [6, 6.07) is 11.4. The van der Waals surface area contributed by atoms with Gasteiger partial charge in [0.1, 0.15) is 12.7 Å². The number of nitro groups is 1. The number of non-ortho nitro benzene ring substituents is 1. The zero-order chi connectivity index (χ0) is 20.1. The van der Waals surface area contributed by atoms with Crippen LogP contribution in [0.1, 0.15) is 6.92 Å². The number of ether oxygens (including phenoxy) is 2. The maximum Gasteiger partial charge on any atom is 0.271 e. The molecule has 1 aliphatic heterocycles. The Bertz CT molecular complexity index is 876. The number of para-hydroxylation sites is 2. The normalized spacial score (nSPS) is 15.3. The Morgan fingerprint density at radius 3 is 2.75 bits per heavy atom. The molecule has 0 radical (unpaired) electrons. The molecule has 1 aliphatic rings. The summed E-state index contributed by atoms with van der Waals surface area (Å²) in [7, 11) is 0. The molecule has 8 nitrogen and oxygen atoms in total. The molecule has 0 saturated heterocycles. The van der Waals surface area contributed by atoms with Crippen molar-refractivity contribution in [3.05, 3.63) is 57.6 Å². The van der Waals surface area contributed by atoms with Crippen LogP contribution < -0.4 is 14.8 Å². The zero-order valence-electron chi connectivity index (χ0n) is 15.3. The Labute approximate surface area is 167 Å². The van der Waals surface area contributed by atoms with Crippen LogP contribution in [0.25, 0.3) is 0 Å². The zero-order valence-corrected chi connectivity index (χ0v) is 16.0. The molecule has 148 valence electrons.